The van der Waals surface area contributed by atoms with Crippen molar-refractivity contribution in [2.75, 3.05) is 6.61 Å². The average Bonchev–Trinajstić information content (AvgIpc) is 3.06. The van der Waals surface area contributed by atoms with Gasteiger partial charge in [0.05, 0.1) is 11.6 Å². The van der Waals surface area contributed by atoms with Crippen molar-refractivity contribution in [2.45, 2.75) is 18.9 Å². The third-order valence-corrected chi connectivity index (χ3v) is 5.46. The van der Waals surface area contributed by atoms with E-state index in [0.29, 0.717) is 5.56 Å². The van der Waals surface area contributed by atoms with Crippen molar-refractivity contribution >= 4 is 12.0 Å². The van der Waals surface area contributed by atoms with Crippen LogP contribution in [0.25, 0.3) is 11.1 Å². The van der Waals surface area contributed by atoms with Crippen molar-refractivity contribution < 1.29 is 19.4 Å². The van der Waals surface area contributed by atoms with Gasteiger partial charge in [-0.3, -0.25) is 4.79 Å². The van der Waals surface area contributed by atoms with Crippen LogP contribution in [0.4, 0.5) is 4.79 Å². The molecule has 3 aromatic carbocycles. The summed E-state index contributed by atoms with van der Waals surface area (Å²) in [6.07, 6.45) is -0.557. The Kier molecular flexibility index (Phi) is 5.14. The number of nitrogens with one attached hydrogen (secondary N) is 1. The lowest BCUT2D eigenvalue weighted by molar-refractivity contribution is 0.0997. The number of carbonyl (C=O) groups excluding carboxylic acids is 2. The smallest absolute Gasteiger partial charge is 0.407 e. The quantitative estimate of drug-likeness (QED) is 0.598. The molecule has 30 heavy (non-hydrogen) atoms. The Balaban J connectivity index is 1.44. The number of amides is 2. The second kappa shape index (κ2) is 7.91. The summed E-state index contributed by atoms with van der Waals surface area (Å²) in [4.78, 5) is 23.8. The first-order valence-electron chi connectivity index (χ1n) is 9.70. The van der Waals surface area contributed by atoms with E-state index in [4.69, 9.17) is 10.5 Å². The van der Waals surface area contributed by atoms with Gasteiger partial charge < -0.3 is 20.9 Å². The Morgan fingerprint density at radius 3 is 2.23 bits per heavy atom. The summed E-state index contributed by atoms with van der Waals surface area (Å²) >= 11 is 0. The van der Waals surface area contributed by atoms with Crippen molar-refractivity contribution in [3.63, 3.8) is 0 Å². The van der Waals surface area contributed by atoms with Gasteiger partial charge in [-0.15, -0.1) is 0 Å². The number of hydrogen-bond acceptors (Lipinski definition) is 4. The van der Waals surface area contributed by atoms with Crippen LogP contribution in [-0.4, -0.2) is 23.7 Å². The predicted octanol–water partition coefficient (Wildman–Crippen LogP) is 4.09. The van der Waals surface area contributed by atoms with Crippen molar-refractivity contribution in [3.05, 3.63) is 89.0 Å². The molecule has 0 spiro atoms. The van der Waals surface area contributed by atoms with Gasteiger partial charge in [0.25, 0.3) is 5.91 Å². The molecule has 0 radical (unpaired) electrons. The number of fused-ring (bicyclic) bond motifs is 3. The molecule has 0 aromatic heterocycles. The number of carbonyl (C=O) groups is 2. The molecule has 3 aromatic rings. The second-order valence-electron chi connectivity index (χ2n) is 7.33. The van der Waals surface area contributed by atoms with Crippen molar-refractivity contribution in [3.8, 4) is 16.9 Å². The summed E-state index contributed by atoms with van der Waals surface area (Å²) in [7, 11) is 0. The molecule has 0 bridgehead atoms. The van der Waals surface area contributed by atoms with Crippen molar-refractivity contribution in [1.82, 2.24) is 5.32 Å². The topological polar surface area (TPSA) is 102 Å². The number of hydrogen-bond donors (Lipinski definition) is 3. The number of aromatic hydroxyl groups is 1. The van der Waals surface area contributed by atoms with E-state index in [-0.39, 0.29) is 23.8 Å². The lowest BCUT2D eigenvalue weighted by Crippen LogP contribution is -2.29. The van der Waals surface area contributed by atoms with Crippen LogP contribution in [0.3, 0.4) is 0 Å². The van der Waals surface area contributed by atoms with E-state index in [1.54, 1.807) is 13.0 Å². The zero-order valence-electron chi connectivity index (χ0n) is 16.5. The number of benzene rings is 3. The Hall–Kier alpha value is -3.80. The van der Waals surface area contributed by atoms with Crippen LogP contribution in [0.5, 0.6) is 5.75 Å². The van der Waals surface area contributed by atoms with Gasteiger partial charge in [0.15, 0.2) is 0 Å². The summed E-state index contributed by atoms with van der Waals surface area (Å²) in [5, 5.41) is 12.5. The summed E-state index contributed by atoms with van der Waals surface area (Å²) in [5.74, 6) is -0.948. The van der Waals surface area contributed by atoms with E-state index < -0.39 is 18.0 Å². The highest BCUT2D eigenvalue weighted by Crippen LogP contribution is 2.44. The van der Waals surface area contributed by atoms with E-state index in [2.05, 4.69) is 29.6 Å². The molecule has 2 amide bonds. The maximum absolute atomic E-state index is 12.4. The maximum atomic E-state index is 12.4. The van der Waals surface area contributed by atoms with Crippen LogP contribution in [0.2, 0.25) is 0 Å². The fraction of sp³-hybridized carbons (Fsp3) is 0.167. The van der Waals surface area contributed by atoms with Gasteiger partial charge in [0.2, 0.25) is 0 Å². The third-order valence-electron chi connectivity index (χ3n) is 5.46. The molecule has 4 rings (SSSR count). The molecular formula is C24H22N2O4. The fourth-order valence-corrected chi connectivity index (χ4v) is 3.92. The molecule has 0 aliphatic heterocycles. The molecule has 152 valence electrons. The minimum absolute atomic E-state index is 0.00804. The van der Waals surface area contributed by atoms with Crippen LogP contribution in [0.15, 0.2) is 66.7 Å². The van der Waals surface area contributed by atoms with Crippen LogP contribution in [0.1, 0.15) is 45.9 Å². The molecule has 0 saturated heterocycles. The molecule has 1 unspecified atom stereocenters. The van der Waals surface area contributed by atoms with Gasteiger partial charge in [0.1, 0.15) is 12.4 Å². The molecule has 1 aliphatic rings. The fourth-order valence-electron chi connectivity index (χ4n) is 3.92. The summed E-state index contributed by atoms with van der Waals surface area (Å²) in [5.41, 5.74) is 10.5. The minimum Gasteiger partial charge on any atom is -0.507 e. The molecule has 0 fully saturated rings. The zero-order chi connectivity index (χ0) is 21.3. The SMILES string of the molecule is CC(NC(=O)OCC1c2ccccc2-c2ccccc21)c1ccc(O)c(C(N)=O)c1. The maximum Gasteiger partial charge on any atom is 0.407 e. The van der Waals surface area contributed by atoms with Gasteiger partial charge in [-0.25, -0.2) is 4.79 Å². The first-order chi connectivity index (χ1) is 14.5. The standard InChI is InChI=1S/C24H22N2O4/c1-14(15-10-11-22(27)20(12-15)23(25)28)26-24(29)30-13-21-18-8-4-2-6-16(18)17-7-3-5-9-19(17)21/h2-12,14,21,27H,13H2,1H3,(H2,25,28)(H,26,29). The van der Waals surface area contributed by atoms with Crippen molar-refractivity contribution in [1.29, 1.82) is 0 Å². The molecule has 6 nitrogen and oxygen atoms in total. The second-order valence-corrected chi connectivity index (χ2v) is 7.33. The van der Waals surface area contributed by atoms with Crippen molar-refractivity contribution in [2.24, 2.45) is 5.73 Å². The average molecular weight is 402 g/mol. The number of rotatable bonds is 5. The molecule has 1 aliphatic carbocycles. The molecule has 1 atom stereocenters. The Morgan fingerprint density at radius 1 is 1.03 bits per heavy atom. The Bertz CT molecular complexity index is 1080. The highest BCUT2D eigenvalue weighted by Gasteiger charge is 2.29. The molecule has 0 saturated carbocycles. The lowest BCUT2D eigenvalue weighted by atomic mass is 9.98. The molecule has 4 N–H and O–H groups in total. The number of alkyl carbamates (subject to hydrolysis) is 1. The van der Waals surface area contributed by atoms with E-state index in [9.17, 15) is 14.7 Å². The summed E-state index contributed by atoms with van der Waals surface area (Å²) in [6.45, 7) is 1.98. The molecule has 0 heterocycles. The van der Waals surface area contributed by atoms with Gasteiger partial charge in [-0.1, -0.05) is 54.6 Å². The van der Waals surface area contributed by atoms with Crippen LogP contribution >= 0.6 is 0 Å². The van der Waals surface area contributed by atoms with Gasteiger partial charge >= 0.3 is 6.09 Å². The highest BCUT2D eigenvalue weighted by atomic mass is 16.5. The summed E-state index contributed by atoms with van der Waals surface area (Å²) < 4.78 is 5.54. The third kappa shape index (κ3) is 3.59. The van der Waals surface area contributed by atoms with Gasteiger partial charge in [0, 0.05) is 5.92 Å². The van der Waals surface area contributed by atoms with E-state index >= 15 is 0 Å². The normalized spacial score (nSPS) is 13.2. The van der Waals surface area contributed by atoms with E-state index in [0.717, 1.165) is 11.1 Å². The van der Waals surface area contributed by atoms with Crippen LogP contribution in [0, 0.1) is 0 Å². The Labute approximate surface area is 174 Å². The predicted molar refractivity (Wildman–Crippen MR) is 113 cm³/mol. The monoisotopic (exact) mass is 402 g/mol. The van der Waals surface area contributed by atoms with Gasteiger partial charge in [-0.2, -0.15) is 0 Å². The van der Waals surface area contributed by atoms with Crippen LogP contribution < -0.4 is 11.1 Å². The van der Waals surface area contributed by atoms with Gasteiger partial charge in [-0.05, 0) is 46.9 Å². The molecular weight excluding hydrogens is 380 g/mol. The van der Waals surface area contributed by atoms with E-state index in [1.165, 1.54) is 23.3 Å². The first kappa shape index (κ1) is 19.5. The number of nitrogens with two attached hydrogens (primary N) is 1. The lowest BCUT2D eigenvalue weighted by Gasteiger charge is -2.18. The van der Waals surface area contributed by atoms with Crippen LogP contribution in [-0.2, 0) is 4.74 Å². The zero-order valence-corrected chi connectivity index (χ0v) is 16.5. The molecule has 6 heteroatoms. The first-order valence-corrected chi connectivity index (χ1v) is 9.70. The number of primary amides is 1. The number of ether oxygens (including phenoxy) is 1. The summed E-state index contributed by atoms with van der Waals surface area (Å²) in [6, 6.07) is 20.3. The highest BCUT2D eigenvalue weighted by molar-refractivity contribution is 5.95. The van der Waals surface area contributed by atoms with E-state index in [1.807, 2.05) is 24.3 Å². The largest absolute Gasteiger partial charge is 0.507 e. The number of phenols is 1. The minimum atomic E-state index is -0.734. The Morgan fingerprint density at radius 2 is 1.63 bits per heavy atom.